The summed E-state index contributed by atoms with van der Waals surface area (Å²) in [6, 6.07) is 10.5. The van der Waals surface area contributed by atoms with Crippen molar-refractivity contribution in [1.29, 1.82) is 0 Å². The lowest BCUT2D eigenvalue weighted by molar-refractivity contribution is 0.0950. The minimum atomic E-state index is -3.66. The fourth-order valence-corrected chi connectivity index (χ4v) is 3.52. The van der Waals surface area contributed by atoms with E-state index in [0.29, 0.717) is 12.1 Å². The van der Waals surface area contributed by atoms with Gasteiger partial charge in [-0.25, -0.2) is 17.5 Å². The number of aryl methyl sites for hydroxylation is 1. The molecule has 140 valence electrons. The maximum Gasteiger partial charge on any atom is 0.251 e. The Kier molecular flexibility index (Phi) is 6.50. The molecule has 7 heteroatoms. The summed E-state index contributed by atoms with van der Waals surface area (Å²) in [6.07, 6.45) is 0. The van der Waals surface area contributed by atoms with Crippen LogP contribution in [0.5, 0.6) is 0 Å². The molecule has 2 N–H and O–H groups in total. The number of hydrogen-bond donors (Lipinski definition) is 2. The van der Waals surface area contributed by atoms with Gasteiger partial charge in [0.25, 0.3) is 5.91 Å². The number of nitrogens with one attached hydrogen (secondary N) is 2. The van der Waals surface area contributed by atoms with Gasteiger partial charge < -0.3 is 5.32 Å². The van der Waals surface area contributed by atoms with Crippen LogP contribution < -0.4 is 10.0 Å². The molecular weight excluding hydrogens is 355 g/mol. The minimum absolute atomic E-state index is 0.0448. The first kappa shape index (κ1) is 20.1. The van der Waals surface area contributed by atoms with Crippen molar-refractivity contribution in [2.75, 3.05) is 6.54 Å². The third-order valence-corrected chi connectivity index (χ3v) is 5.18. The van der Waals surface area contributed by atoms with Crippen molar-refractivity contribution < 1.29 is 17.6 Å². The van der Waals surface area contributed by atoms with Crippen LogP contribution in [0.3, 0.4) is 0 Å². The summed E-state index contributed by atoms with van der Waals surface area (Å²) in [5.41, 5.74) is 1.51. The van der Waals surface area contributed by atoms with E-state index in [1.165, 1.54) is 24.3 Å². The van der Waals surface area contributed by atoms with Crippen LogP contribution in [-0.4, -0.2) is 20.9 Å². The van der Waals surface area contributed by atoms with Gasteiger partial charge in [0, 0.05) is 18.7 Å². The number of sulfonamides is 1. The van der Waals surface area contributed by atoms with E-state index in [1.807, 2.05) is 13.8 Å². The van der Waals surface area contributed by atoms with Crippen LogP contribution in [0.15, 0.2) is 47.4 Å². The maximum absolute atomic E-state index is 13.3. The van der Waals surface area contributed by atoms with E-state index in [0.717, 1.165) is 5.56 Å². The van der Waals surface area contributed by atoms with Crippen LogP contribution in [0.4, 0.5) is 4.39 Å². The van der Waals surface area contributed by atoms with E-state index in [-0.39, 0.29) is 28.7 Å². The zero-order valence-corrected chi connectivity index (χ0v) is 15.9. The van der Waals surface area contributed by atoms with Crippen molar-refractivity contribution >= 4 is 15.9 Å². The Hall–Kier alpha value is -2.25. The molecule has 0 heterocycles. The second kappa shape index (κ2) is 8.42. The third kappa shape index (κ3) is 5.37. The van der Waals surface area contributed by atoms with Gasteiger partial charge in [-0.3, -0.25) is 4.79 Å². The normalized spacial score (nSPS) is 11.6. The average molecular weight is 378 g/mol. The minimum Gasteiger partial charge on any atom is -0.348 e. The van der Waals surface area contributed by atoms with Crippen LogP contribution >= 0.6 is 0 Å². The summed E-state index contributed by atoms with van der Waals surface area (Å²) in [6.45, 7) is 6.01. The lowest BCUT2D eigenvalue weighted by Crippen LogP contribution is -2.28. The average Bonchev–Trinajstić information content (AvgIpc) is 2.61. The van der Waals surface area contributed by atoms with Gasteiger partial charge in [0.05, 0.1) is 4.90 Å². The summed E-state index contributed by atoms with van der Waals surface area (Å²) in [7, 11) is -3.66. The molecule has 0 fully saturated rings. The van der Waals surface area contributed by atoms with Crippen LogP contribution in [0.1, 0.15) is 35.3 Å². The molecule has 0 aromatic heterocycles. The number of halogens is 1. The molecule has 0 atom stereocenters. The molecule has 0 spiro atoms. The number of hydrogen-bond acceptors (Lipinski definition) is 3. The molecule has 0 aliphatic carbocycles. The molecule has 26 heavy (non-hydrogen) atoms. The molecule has 5 nitrogen and oxygen atoms in total. The smallest absolute Gasteiger partial charge is 0.251 e. The number of carbonyl (C=O) groups is 1. The number of benzene rings is 2. The zero-order chi connectivity index (χ0) is 19.3. The summed E-state index contributed by atoms with van der Waals surface area (Å²) in [5, 5.41) is 2.71. The van der Waals surface area contributed by atoms with Gasteiger partial charge in [0.2, 0.25) is 10.0 Å². The largest absolute Gasteiger partial charge is 0.348 e. The fourth-order valence-electron chi connectivity index (χ4n) is 2.27. The second-order valence-corrected chi connectivity index (χ2v) is 8.31. The highest BCUT2D eigenvalue weighted by Crippen LogP contribution is 2.13. The monoisotopic (exact) mass is 378 g/mol. The predicted molar refractivity (Wildman–Crippen MR) is 98.8 cm³/mol. The summed E-state index contributed by atoms with van der Waals surface area (Å²) >= 11 is 0. The van der Waals surface area contributed by atoms with Crippen molar-refractivity contribution in [3.05, 3.63) is 65.0 Å². The van der Waals surface area contributed by atoms with Crippen molar-refractivity contribution in [2.24, 2.45) is 5.92 Å². The summed E-state index contributed by atoms with van der Waals surface area (Å²) < 4.78 is 40.4. The van der Waals surface area contributed by atoms with E-state index < -0.39 is 15.9 Å². The van der Waals surface area contributed by atoms with Gasteiger partial charge >= 0.3 is 0 Å². The van der Waals surface area contributed by atoms with Gasteiger partial charge in [-0.2, -0.15) is 0 Å². The van der Waals surface area contributed by atoms with Crippen molar-refractivity contribution in [3.8, 4) is 0 Å². The number of carbonyl (C=O) groups excluding carboxylic acids is 1. The Morgan fingerprint density at radius 2 is 1.88 bits per heavy atom. The molecular formula is C19H23FN2O3S. The molecule has 0 aliphatic heterocycles. The van der Waals surface area contributed by atoms with Crippen LogP contribution in [-0.2, 0) is 16.6 Å². The highest BCUT2D eigenvalue weighted by Gasteiger charge is 2.16. The molecule has 2 aromatic rings. The number of rotatable bonds is 7. The molecule has 0 aliphatic rings. The first-order valence-electron chi connectivity index (χ1n) is 8.32. The quantitative estimate of drug-likeness (QED) is 0.778. The number of amides is 1. The summed E-state index contributed by atoms with van der Waals surface area (Å²) in [5.74, 6) is -0.518. The molecule has 2 rings (SSSR count). The van der Waals surface area contributed by atoms with Gasteiger partial charge in [-0.15, -0.1) is 0 Å². The van der Waals surface area contributed by atoms with Gasteiger partial charge in [-0.05, 0) is 48.2 Å². The Morgan fingerprint density at radius 3 is 2.54 bits per heavy atom. The van der Waals surface area contributed by atoms with Crippen LogP contribution in [0, 0.1) is 18.7 Å². The zero-order valence-electron chi connectivity index (χ0n) is 15.0. The molecule has 1 amide bonds. The SMILES string of the molecule is Cc1cc(CNC(=O)c2cccc(S(=O)(=O)NCC(C)C)c2)ccc1F. The Labute approximate surface area is 153 Å². The van der Waals surface area contributed by atoms with Crippen LogP contribution in [0.25, 0.3) is 0 Å². The molecule has 0 bridgehead atoms. The Bertz CT molecular complexity index is 895. The lowest BCUT2D eigenvalue weighted by atomic mass is 10.1. The van der Waals surface area contributed by atoms with E-state index in [9.17, 15) is 17.6 Å². The molecule has 0 saturated carbocycles. The van der Waals surface area contributed by atoms with Gasteiger partial charge in [-0.1, -0.05) is 32.0 Å². The standard InChI is InChI=1S/C19H23FN2O3S/c1-13(2)11-22-26(24,25)17-6-4-5-16(10-17)19(23)21-12-15-7-8-18(20)14(3)9-15/h4-10,13,22H,11-12H2,1-3H3,(H,21,23). The summed E-state index contributed by atoms with van der Waals surface area (Å²) in [4.78, 5) is 12.4. The third-order valence-electron chi connectivity index (χ3n) is 3.76. The topological polar surface area (TPSA) is 75.3 Å². The van der Waals surface area contributed by atoms with Crippen molar-refractivity contribution in [3.63, 3.8) is 0 Å². The van der Waals surface area contributed by atoms with E-state index >= 15 is 0 Å². The van der Waals surface area contributed by atoms with Gasteiger partial charge in [0.15, 0.2) is 0 Å². The van der Waals surface area contributed by atoms with E-state index in [2.05, 4.69) is 10.0 Å². The molecule has 2 aromatic carbocycles. The second-order valence-electron chi connectivity index (χ2n) is 6.54. The van der Waals surface area contributed by atoms with Crippen molar-refractivity contribution in [2.45, 2.75) is 32.2 Å². The highest BCUT2D eigenvalue weighted by atomic mass is 32.2. The van der Waals surface area contributed by atoms with E-state index in [1.54, 1.807) is 25.1 Å². The lowest BCUT2D eigenvalue weighted by Gasteiger charge is -2.10. The van der Waals surface area contributed by atoms with Gasteiger partial charge in [0.1, 0.15) is 5.82 Å². The first-order valence-corrected chi connectivity index (χ1v) is 9.80. The molecule has 0 unspecified atom stereocenters. The maximum atomic E-state index is 13.3. The van der Waals surface area contributed by atoms with E-state index in [4.69, 9.17) is 0 Å². The molecule has 0 radical (unpaired) electrons. The fraction of sp³-hybridized carbons (Fsp3) is 0.316. The molecule has 0 saturated heterocycles. The Balaban J connectivity index is 2.08. The van der Waals surface area contributed by atoms with Crippen LogP contribution in [0.2, 0.25) is 0 Å². The predicted octanol–water partition coefficient (Wildman–Crippen LogP) is 3.00. The van der Waals surface area contributed by atoms with Crippen molar-refractivity contribution in [1.82, 2.24) is 10.0 Å². The first-order chi connectivity index (χ1) is 12.2. The highest BCUT2D eigenvalue weighted by molar-refractivity contribution is 7.89. The Morgan fingerprint density at radius 1 is 1.15 bits per heavy atom.